The third kappa shape index (κ3) is 3.68. The van der Waals surface area contributed by atoms with Gasteiger partial charge >= 0.3 is 0 Å². The summed E-state index contributed by atoms with van der Waals surface area (Å²) in [5.41, 5.74) is 2.29. The number of rotatable bonds is 3. The number of hydrogen-bond acceptors (Lipinski definition) is 3. The van der Waals surface area contributed by atoms with Gasteiger partial charge in [-0.25, -0.2) is 0 Å². The molecule has 0 aliphatic rings. The number of nitrogens with zero attached hydrogens (tertiary/aromatic N) is 1. The van der Waals surface area contributed by atoms with Crippen LogP contribution in [0.4, 0.5) is 0 Å². The lowest BCUT2D eigenvalue weighted by Crippen LogP contribution is -2.05. The highest BCUT2D eigenvalue weighted by Gasteiger charge is 2.06. The maximum atomic E-state index is 5.35. The second kappa shape index (κ2) is 5.93. The normalized spacial score (nSPS) is 11.3. The van der Waals surface area contributed by atoms with E-state index in [1.54, 1.807) is 11.8 Å². The summed E-state index contributed by atoms with van der Waals surface area (Å²) in [7, 11) is 4.01. The molecule has 0 aromatic heterocycles. The average Bonchev–Trinajstić information content (AvgIpc) is 2.26. The van der Waals surface area contributed by atoms with Crippen LogP contribution in [0.25, 0.3) is 5.57 Å². The maximum absolute atomic E-state index is 5.35. The summed E-state index contributed by atoms with van der Waals surface area (Å²) >= 11 is 6.95. The van der Waals surface area contributed by atoms with Crippen molar-refractivity contribution < 1.29 is 0 Å². The van der Waals surface area contributed by atoms with Crippen LogP contribution in [0, 0.1) is 0 Å². The third-order valence-corrected chi connectivity index (χ3v) is 3.19. The fourth-order valence-corrected chi connectivity index (χ4v) is 1.79. The van der Waals surface area contributed by atoms with E-state index in [-0.39, 0.29) is 0 Å². The van der Waals surface area contributed by atoms with Crippen LogP contribution < -0.4 is 0 Å². The van der Waals surface area contributed by atoms with Gasteiger partial charge in [0.05, 0.1) is 4.20 Å². The second-order valence-electron chi connectivity index (χ2n) is 3.36. The molecule has 0 radical (unpaired) electrons. The van der Waals surface area contributed by atoms with Gasteiger partial charge in [0.2, 0.25) is 0 Å². The van der Waals surface area contributed by atoms with Crippen LogP contribution >= 0.6 is 24.0 Å². The Balaban J connectivity index is 3.08. The van der Waals surface area contributed by atoms with Crippen LogP contribution in [0.3, 0.4) is 0 Å². The van der Waals surface area contributed by atoms with Crippen molar-refractivity contribution in [2.45, 2.75) is 0 Å². The first-order chi connectivity index (χ1) is 7.15. The summed E-state index contributed by atoms with van der Waals surface area (Å²) in [5, 5.41) is 0. The SMILES string of the molecule is CSC(=S)/C(=C\N(C)C)c1ccccc1. The first-order valence-electron chi connectivity index (χ1n) is 4.67. The van der Waals surface area contributed by atoms with E-state index in [1.807, 2.05) is 43.5 Å². The zero-order valence-electron chi connectivity index (χ0n) is 9.23. The highest BCUT2D eigenvalue weighted by molar-refractivity contribution is 8.24. The van der Waals surface area contributed by atoms with E-state index >= 15 is 0 Å². The van der Waals surface area contributed by atoms with Crippen molar-refractivity contribution in [3.63, 3.8) is 0 Å². The van der Waals surface area contributed by atoms with Crippen molar-refractivity contribution in [3.05, 3.63) is 42.1 Å². The first-order valence-corrected chi connectivity index (χ1v) is 6.30. The molecule has 0 atom stereocenters. The highest BCUT2D eigenvalue weighted by atomic mass is 32.2. The topological polar surface area (TPSA) is 3.24 Å². The molecular weight excluding hydrogens is 222 g/mol. The van der Waals surface area contributed by atoms with Crippen LogP contribution in [0.15, 0.2) is 36.5 Å². The number of hydrogen-bond donors (Lipinski definition) is 0. The van der Waals surface area contributed by atoms with Crippen molar-refractivity contribution in [1.82, 2.24) is 4.90 Å². The Hall–Kier alpha value is -0.800. The Bertz CT molecular complexity index is 355. The average molecular weight is 237 g/mol. The van der Waals surface area contributed by atoms with Gasteiger partial charge in [-0.1, -0.05) is 42.5 Å². The molecular formula is C12H15NS2. The summed E-state index contributed by atoms with van der Waals surface area (Å²) in [6.45, 7) is 0. The molecule has 1 rings (SSSR count). The molecule has 0 saturated heterocycles. The lowest BCUT2D eigenvalue weighted by molar-refractivity contribution is 0.566. The predicted molar refractivity (Wildman–Crippen MR) is 74.2 cm³/mol. The van der Waals surface area contributed by atoms with Gasteiger partial charge < -0.3 is 4.90 Å². The monoisotopic (exact) mass is 237 g/mol. The quantitative estimate of drug-likeness (QED) is 0.587. The molecule has 0 heterocycles. The van der Waals surface area contributed by atoms with Gasteiger partial charge in [0.25, 0.3) is 0 Å². The fraction of sp³-hybridized carbons (Fsp3) is 0.250. The van der Waals surface area contributed by atoms with Gasteiger partial charge in [-0.3, -0.25) is 0 Å². The second-order valence-corrected chi connectivity index (χ2v) is 4.85. The van der Waals surface area contributed by atoms with Gasteiger partial charge in [-0.2, -0.15) is 0 Å². The summed E-state index contributed by atoms with van der Waals surface area (Å²) in [5.74, 6) is 0. The maximum Gasteiger partial charge on any atom is 0.0796 e. The van der Waals surface area contributed by atoms with E-state index in [0.717, 1.165) is 9.77 Å². The molecule has 1 aromatic carbocycles. The number of thiocarbonyl (C=S) groups is 1. The zero-order chi connectivity index (χ0) is 11.3. The van der Waals surface area contributed by atoms with Crippen LogP contribution in [-0.2, 0) is 0 Å². The smallest absolute Gasteiger partial charge is 0.0796 e. The van der Waals surface area contributed by atoms with E-state index < -0.39 is 0 Å². The van der Waals surface area contributed by atoms with E-state index in [0.29, 0.717) is 0 Å². The fourth-order valence-electron chi connectivity index (χ4n) is 1.23. The number of thioether (sulfide) groups is 1. The van der Waals surface area contributed by atoms with Crippen molar-refractivity contribution in [2.75, 3.05) is 20.4 Å². The van der Waals surface area contributed by atoms with E-state index in [1.165, 1.54) is 5.56 Å². The molecule has 0 spiro atoms. The van der Waals surface area contributed by atoms with Crippen LogP contribution in [0.1, 0.15) is 5.56 Å². The molecule has 1 aromatic rings. The van der Waals surface area contributed by atoms with Gasteiger partial charge in [-0.05, 0) is 11.8 Å². The van der Waals surface area contributed by atoms with Crippen molar-refractivity contribution in [1.29, 1.82) is 0 Å². The molecule has 0 saturated carbocycles. The van der Waals surface area contributed by atoms with E-state index in [4.69, 9.17) is 12.2 Å². The van der Waals surface area contributed by atoms with Crippen LogP contribution in [-0.4, -0.2) is 29.4 Å². The molecule has 1 nitrogen and oxygen atoms in total. The molecule has 0 unspecified atom stereocenters. The Morgan fingerprint density at radius 1 is 1.27 bits per heavy atom. The standard InChI is InChI=1S/C12H15NS2/c1-13(2)9-11(12(14)15-3)10-7-5-4-6-8-10/h4-9H,1-3H3/b11-9-. The van der Waals surface area contributed by atoms with Gasteiger partial charge in [0, 0.05) is 25.9 Å². The lowest BCUT2D eigenvalue weighted by atomic mass is 10.1. The highest BCUT2D eigenvalue weighted by Crippen LogP contribution is 2.21. The minimum absolute atomic E-state index is 0.926. The van der Waals surface area contributed by atoms with E-state index in [9.17, 15) is 0 Å². The Morgan fingerprint density at radius 2 is 1.87 bits per heavy atom. The lowest BCUT2D eigenvalue weighted by Gasteiger charge is -2.12. The van der Waals surface area contributed by atoms with Gasteiger partial charge in [0.1, 0.15) is 0 Å². The van der Waals surface area contributed by atoms with Gasteiger partial charge in [0.15, 0.2) is 0 Å². The van der Waals surface area contributed by atoms with Crippen molar-refractivity contribution in [2.24, 2.45) is 0 Å². The molecule has 15 heavy (non-hydrogen) atoms. The van der Waals surface area contributed by atoms with E-state index in [2.05, 4.69) is 18.3 Å². The largest absolute Gasteiger partial charge is 0.383 e. The Kier molecular flexibility index (Phi) is 4.85. The predicted octanol–water partition coefficient (Wildman–Crippen LogP) is 3.28. The van der Waals surface area contributed by atoms with Crippen molar-refractivity contribution in [3.8, 4) is 0 Å². The summed E-state index contributed by atoms with van der Waals surface area (Å²) in [4.78, 5) is 2.02. The van der Waals surface area contributed by atoms with Crippen LogP contribution in [0.5, 0.6) is 0 Å². The minimum Gasteiger partial charge on any atom is -0.383 e. The summed E-state index contributed by atoms with van der Waals surface area (Å²) < 4.78 is 0.926. The first kappa shape index (κ1) is 12.3. The molecule has 0 aliphatic carbocycles. The molecule has 3 heteroatoms. The van der Waals surface area contributed by atoms with Gasteiger partial charge in [-0.15, -0.1) is 11.8 Å². The molecule has 0 N–H and O–H groups in total. The van der Waals surface area contributed by atoms with Crippen LogP contribution in [0.2, 0.25) is 0 Å². The Labute approximate surface area is 101 Å². The molecule has 0 aliphatic heterocycles. The molecule has 0 fully saturated rings. The molecule has 80 valence electrons. The Morgan fingerprint density at radius 3 is 2.33 bits per heavy atom. The number of benzene rings is 1. The minimum atomic E-state index is 0.926. The molecule has 0 bridgehead atoms. The molecule has 0 amide bonds. The van der Waals surface area contributed by atoms with Crippen molar-refractivity contribution >= 4 is 33.7 Å². The summed E-state index contributed by atoms with van der Waals surface area (Å²) in [6, 6.07) is 10.2. The summed E-state index contributed by atoms with van der Waals surface area (Å²) in [6.07, 6.45) is 4.07. The zero-order valence-corrected chi connectivity index (χ0v) is 10.9. The third-order valence-electron chi connectivity index (χ3n) is 1.88.